The molecule has 7 heteroatoms. The van der Waals surface area contributed by atoms with E-state index in [2.05, 4.69) is 40.5 Å². The molecule has 156 valence electrons. The average Bonchev–Trinajstić information content (AvgIpc) is 2.74. The zero-order chi connectivity index (χ0) is 20.2. The van der Waals surface area contributed by atoms with Gasteiger partial charge in [-0.2, -0.15) is 0 Å². The molecule has 1 aromatic heterocycles. The Morgan fingerprint density at radius 2 is 1.97 bits per heavy atom. The Hall–Kier alpha value is -2.22. The smallest absolute Gasteiger partial charge is 0.250 e. The number of aryl methyl sites for hydroxylation is 1. The van der Waals surface area contributed by atoms with Crippen molar-refractivity contribution in [2.45, 2.75) is 25.9 Å². The summed E-state index contributed by atoms with van der Waals surface area (Å²) in [6, 6.07) is 8.07. The number of nitrogens with zero attached hydrogens (tertiary/aromatic N) is 3. The fraction of sp³-hybridized carbons (Fsp3) is 0.545. The maximum Gasteiger partial charge on any atom is 0.250 e. The summed E-state index contributed by atoms with van der Waals surface area (Å²) in [6.45, 7) is 8.24. The Morgan fingerprint density at radius 3 is 2.72 bits per heavy atom. The van der Waals surface area contributed by atoms with E-state index in [0.29, 0.717) is 0 Å². The number of carbonyl (C=O) groups is 1. The van der Waals surface area contributed by atoms with Crippen molar-refractivity contribution in [3.05, 3.63) is 29.8 Å². The van der Waals surface area contributed by atoms with Gasteiger partial charge in [-0.15, -0.1) is 0 Å². The van der Waals surface area contributed by atoms with Crippen molar-refractivity contribution in [2.24, 2.45) is 0 Å². The molecule has 29 heavy (non-hydrogen) atoms. The lowest BCUT2D eigenvalue weighted by Crippen LogP contribution is -2.44. The second kappa shape index (κ2) is 9.07. The normalized spacial score (nSPS) is 18.9. The number of piperazine rings is 1. The van der Waals surface area contributed by atoms with E-state index >= 15 is 0 Å². The van der Waals surface area contributed by atoms with Gasteiger partial charge in [0.25, 0.3) is 0 Å². The van der Waals surface area contributed by atoms with Crippen LogP contribution in [0.15, 0.2) is 24.3 Å². The van der Waals surface area contributed by atoms with Crippen LogP contribution < -0.4 is 15.5 Å². The summed E-state index contributed by atoms with van der Waals surface area (Å²) in [7, 11) is 2.16. The second-order valence-corrected chi connectivity index (χ2v) is 8.13. The number of nitrogens with one attached hydrogen (secondary N) is 2. The minimum absolute atomic E-state index is 0.0995. The van der Waals surface area contributed by atoms with Crippen molar-refractivity contribution in [3.63, 3.8) is 0 Å². The monoisotopic (exact) mass is 397 g/mol. The number of aromatic nitrogens is 1. The maximum atomic E-state index is 12.3. The number of hydrogen-bond acceptors (Lipinski definition) is 6. The number of amides is 1. The largest absolute Gasteiger partial charge is 0.368 e. The highest BCUT2D eigenvalue weighted by Gasteiger charge is 2.17. The third-order valence-electron chi connectivity index (χ3n) is 5.85. The van der Waals surface area contributed by atoms with Gasteiger partial charge in [0.2, 0.25) is 5.91 Å². The quantitative estimate of drug-likeness (QED) is 0.804. The Labute approximate surface area is 172 Å². The lowest BCUT2D eigenvalue weighted by molar-refractivity contribution is -0.123. The van der Waals surface area contributed by atoms with Crippen molar-refractivity contribution in [1.82, 2.24) is 15.2 Å². The first kappa shape index (κ1) is 20.1. The molecular formula is C22H31N5O2. The Kier molecular flexibility index (Phi) is 6.28. The van der Waals surface area contributed by atoms with Crippen molar-refractivity contribution in [2.75, 3.05) is 63.1 Å². The van der Waals surface area contributed by atoms with Crippen LogP contribution in [0.2, 0.25) is 0 Å². The summed E-state index contributed by atoms with van der Waals surface area (Å²) >= 11 is 0. The van der Waals surface area contributed by atoms with Crippen molar-refractivity contribution in [1.29, 1.82) is 0 Å². The molecule has 4 rings (SSSR count). The third-order valence-corrected chi connectivity index (χ3v) is 5.85. The highest BCUT2D eigenvalue weighted by atomic mass is 16.5. The SMILES string of the molecule is Cc1cc(N2CCN(C)CC2)nc2ccc(NC(=O)COC3CCNCC3)cc12. The number of likely N-dealkylation sites (N-methyl/N-ethyl adjacent to an activating group) is 1. The zero-order valence-electron chi connectivity index (χ0n) is 17.4. The molecular weight excluding hydrogens is 366 g/mol. The molecule has 0 bridgehead atoms. The first-order valence-corrected chi connectivity index (χ1v) is 10.6. The first-order chi connectivity index (χ1) is 14.1. The van der Waals surface area contributed by atoms with Gasteiger partial charge in [0.05, 0.1) is 11.6 Å². The molecule has 0 radical (unpaired) electrons. The van der Waals surface area contributed by atoms with Crippen LogP contribution >= 0.6 is 0 Å². The van der Waals surface area contributed by atoms with Gasteiger partial charge in [0.15, 0.2) is 0 Å². The molecule has 0 atom stereocenters. The van der Waals surface area contributed by atoms with E-state index in [1.165, 1.54) is 5.56 Å². The summed E-state index contributed by atoms with van der Waals surface area (Å²) in [5, 5.41) is 7.33. The van der Waals surface area contributed by atoms with Gasteiger partial charge in [-0.3, -0.25) is 4.79 Å². The number of rotatable bonds is 5. The van der Waals surface area contributed by atoms with Crippen LogP contribution in [0.5, 0.6) is 0 Å². The number of fused-ring (bicyclic) bond motifs is 1. The van der Waals surface area contributed by atoms with Crippen molar-refractivity contribution < 1.29 is 9.53 Å². The van der Waals surface area contributed by atoms with Gasteiger partial charge in [-0.05, 0) is 69.7 Å². The molecule has 1 aromatic carbocycles. The molecule has 2 N–H and O–H groups in total. The van der Waals surface area contributed by atoms with Gasteiger partial charge < -0.3 is 25.2 Å². The Bertz CT molecular complexity index is 858. The second-order valence-electron chi connectivity index (χ2n) is 8.13. The average molecular weight is 398 g/mol. The predicted molar refractivity (Wildman–Crippen MR) is 117 cm³/mol. The summed E-state index contributed by atoms with van der Waals surface area (Å²) in [5.74, 6) is 0.929. The lowest BCUT2D eigenvalue weighted by atomic mass is 10.1. The van der Waals surface area contributed by atoms with Gasteiger partial charge >= 0.3 is 0 Å². The van der Waals surface area contributed by atoms with Crippen LogP contribution in [-0.4, -0.2) is 74.8 Å². The van der Waals surface area contributed by atoms with Crippen LogP contribution in [0, 0.1) is 6.92 Å². The molecule has 0 saturated carbocycles. The first-order valence-electron chi connectivity index (χ1n) is 10.6. The van der Waals surface area contributed by atoms with Crippen LogP contribution in [-0.2, 0) is 9.53 Å². The van der Waals surface area contributed by atoms with E-state index in [4.69, 9.17) is 9.72 Å². The van der Waals surface area contributed by atoms with E-state index in [1.807, 2.05) is 18.2 Å². The lowest BCUT2D eigenvalue weighted by Gasteiger charge is -2.33. The third kappa shape index (κ3) is 5.04. The molecule has 3 heterocycles. The summed E-state index contributed by atoms with van der Waals surface area (Å²) in [6.07, 6.45) is 2.10. The van der Waals surface area contributed by atoms with E-state index in [0.717, 1.165) is 74.5 Å². The summed E-state index contributed by atoms with van der Waals surface area (Å²) in [4.78, 5) is 21.8. The molecule has 0 spiro atoms. The highest BCUT2D eigenvalue weighted by Crippen LogP contribution is 2.26. The van der Waals surface area contributed by atoms with Gasteiger partial charge in [-0.25, -0.2) is 4.98 Å². The van der Waals surface area contributed by atoms with Crippen LogP contribution in [0.4, 0.5) is 11.5 Å². The van der Waals surface area contributed by atoms with Crippen LogP contribution in [0.3, 0.4) is 0 Å². The van der Waals surface area contributed by atoms with Gasteiger partial charge in [0.1, 0.15) is 12.4 Å². The molecule has 2 aliphatic rings. The predicted octanol–water partition coefficient (Wildman–Crippen LogP) is 2.00. The molecule has 1 amide bonds. The summed E-state index contributed by atoms with van der Waals surface area (Å²) in [5.41, 5.74) is 2.92. The number of piperidine rings is 1. The molecule has 2 saturated heterocycles. The fourth-order valence-corrected chi connectivity index (χ4v) is 4.00. The minimum atomic E-state index is -0.109. The Morgan fingerprint density at radius 1 is 1.21 bits per heavy atom. The zero-order valence-corrected chi connectivity index (χ0v) is 17.4. The minimum Gasteiger partial charge on any atom is -0.368 e. The standard InChI is InChI=1S/C22H31N5O2/c1-16-13-21(27-11-9-26(2)10-12-27)25-20-4-3-17(14-19(16)20)24-22(28)15-29-18-5-7-23-8-6-18/h3-4,13-14,18,23H,5-12,15H2,1-2H3,(H,24,28). The highest BCUT2D eigenvalue weighted by molar-refractivity contribution is 5.95. The maximum absolute atomic E-state index is 12.3. The molecule has 7 nitrogen and oxygen atoms in total. The topological polar surface area (TPSA) is 69.7 Å². The fourth-order valence-electron chi connectivity index (χ4n) is 4.00. The molecule has 2 aromatic rings. The molecule has 2 aliphatic heterocycles. The van der Waals surface area contributed by atoms with E-state index in [9.17, 15) is 4.79 Å². The number of hydrogen-bond donors (Lipinski definition) is 2. The van der Waals surface area contributed by atoms with Crippen molar-refractivity contribution >= 4 is 28.3 Å². The summed E-state index contributed by atoms with van der Waals surface area (Å²) < 4.78 is 5.75. The molecule has 2 fully saturated rings. The van der Waals surface area contributed by atoms with E-state index < -0.39 is 0 Å². The van der Waals surface area contributed by atoms with Crippen LogP contribution in [0.1, 0.15) is 18.4 Å². The van der Waals surface area contributed by atoms with Gasteiger partial charge in [0, 0.05) is 37.3 Å². The molecule has 0 unspecified atom stereocenters. The van der Waals surface area contributed by atoms with E-state index in [-0.39, 0.29) is 18.6 Å². The molecule has 0 aliphatic carbocycles. The number of pyridine rings is 1. The van der Waals surface area contributed by atoms with Crippen molar-refractivity contribution in [3.8, 4) is 0 Å². The number of anilines is 2. The number of ether oxygens (including phenoxy) is 1. The Balaban J connectivity index is 1.41. The number of carbonyl (C=O) groups excluding carboxylic acids is 1. The van der Waals surface area contributed by atoms with Gasteiger partial charge in [-0.1, -0.05) is 0 Å². The van der Waals surface area contributed by atoms with Crippen LogP contribution in [0.25, 0.3) is 10.9 Å². The number of benzene rings is 1. The van der Waals surface area contributed by atoms with E-state index in [1.54, 1.807) is 0 Å².